The van der Waals surface area contributed by atoms with Gasteiger partial charge in [-0.3, -0.25) is 4.79 Å². The molecular formula is C20H21ClN2O3S. The lowest BCUT2D eigenvalue weighted by Gasteiger charge is -2.38. The lowest BCUT2D eigenvalue weighted by molar-refractivity contribution is -0.123. The number of sulfonamides is 1. The summed E-state index contributed by atoms with van der Waals surface area (Å²) in [7, 11) is -3.75. The van der Waals surface area contributed by atoms with Gasteiger partial charge in [0, 0.05) is 23.8 Å². The van der Waals surface area contributed by atoms with Crippen molar-refractivity contribution in [2.45, 2.75) is 37.1 Å². The maximum atomic E-state index is 13.0. The monoisotopic (exact) mass is 404 g/mol. The van der Waals surface area contributed by atoms with Crippen molar-refractivity contribution in [2.75, 3.05) is 18.0 Å². The normalized spacial score (nSPS) is 20.7. The van der Waals surface area contributed by atoms with E-state index in [0.717, 1.165) is 24.9 Å². The van der Waals surface area contributed by atoms with Crippen LogP contribution in [0.1, 0.15) is 24.5 Å². The minimum absolute atomic E-state index is 0.150. The highest BCUT2D eigenvalue weighted by Crippen LogP contribution is 2.30. The third kappa shape index (κ3) is 3.26. The SMILES string of the molecule is CC1C(=O)N(c2ccc3c(c2)CCC3)CCN1S(=O)(=O)c1ccc(Cl)cc1. The Morgan fingerprint density at radius 2 is 1.70 bits per heavy atom. The maximum Gasteiger partial charge on any atom is 0.245 e. The maximum absolute atomic E-state index is 13.0. The van der Waals surface area contributed by atoms with Crippen LogP contribution < -0.4 is 4.90 Å². The van der Waals surface area contributed by atoms with Gasteiger partial charge >= 0.3 is 0 Å². The summed E-state index contributed by atoms with van der Waals surface area (Å²) in [5.41, 5.74) is 3.50. The number of nitrogens with zero attached hydrogens (tertiary/aromatic N) is 2. The number of anilines is 1. The molecule has 4 rings (SSSR count). The van der Waals surface area contributed by atoms with Crippen LogP contribution in [-0.2, 0) is 27.7 Å². The number of hydrogen-bond acceptors (Lipinski definition) is 3. The second-order valence-corrected chi connectivity index (χ2v) is 9.37. The quantitative estimate of drug-likeness (QED) is 0.789. The Kier molecular flexibility index (Phi) is 4.74. The van der Waals surface area contributed by atoms with Crippen molar-refractivity contribution in [1.82, 2.24) is 4.31 Å². The largest absolute Gasteiger partial charge is 0.310 e. The van der Waals surface area contributed by atoms with E-state index >= 15 is 0 Å². The van der Waals surface area contributed by atoms with Crippen molar-refractivity contribution in [1.29, 1.82) is 0 Å². The zero-order chi connectivity index (χ0) is 19.2. The second kappa shape index (κ2) is 6.93. The van der Waals surface area contributed by atoms with Crippen LogP contribution in [0.3, 0.4) is 0 Å². The molecule has 1 saturated heterocycles. The Hall–Kier alpha value is -1.89. The third-order valence-electron chi connectivity index (χ3n) is 5.41. The molecular weight excluding hydrogens is 384 g/mol. The summed E-state index contributed by atoms with van der Waals surface area (Å²) >= 11 is 5.86. The van der Waals surface area contributed by atoms with Gasteiger partial charge in [-0.05, 0) is 73.7 Å². The van der Waals surface area contributed by atoms with Gasteiger partial charge in [-0.15, -0.1) is 0 Å². The third-order valence-corrected chi connectivity index (χ3v) is 7.65. The van der Waals surface area contributed by atoms with E-state index < -0.39 is 16.1 Å². The van der Waals surface area contributed by atoms with Crippen LogP contribution in [0.15, 0.2) is 47.4 Å². The molecule has 0 aromatic heterocycles. The Bertz CT molecular complexity index is 989. The molecule has 1 unspecified atom stereocenters. The number of halogens is 1. The molecule has 7 heteroatoms. The summed E-state index contributed by atoms with van der Waals surface area (Å²) in [4.78, 5) is 14.8. The van der Waals surface area contributed by atoms with Crippen molar-refractivity contribution in [3.05, 3.63) is 58.6 Å². The first kappa shape index (κ1) is 18.5. The fourth-order valence-electron chi connectivity index (χ4n) is 3.90. The number of aryl methyl sites for hydroxylation is 2. The van der Waals surface area contributed by atoms with Gasteiger partial charge in [0.15, 0.2) is 0 Å². The minimum Gasteiger partial charge on any atom is -0.310 e. The van der Waals surface area contributed by atoms with Crippen LogP contribution in [-0.4, -0.2) is 37.8 Å². The van der Waals surface area contributed by atoms with Gasteiger partial charge < -0.3 is 4.90 Å². The van der Waals surface area contributed by atoms with Crippen molar-refractivity contribution >= 4 is 33.2 Å². The average molecular weight is 405 g/mol. The van der Waals surface area contributed by atoms with Crippen LogP contribution in [0, 0.1) is 0 Å². The smallest absolute Gasteiger partial charge is 0.245 e. The summed E-state index contributed by atoms with van der Waals surface area (Å²) in [6, 6.07) is 11.4. The number of rotatable bonds is 3. The number of piperazine rings is 1. The summed E-state index contributed by atoms with van der Waals surface area (Å²) < 4.78 is 27.2. The van der Waals surface area contributed by atoms with E-state index in [1.165, 1.54) is 27.6 Å². The van der Waals surface area contributed by atoms with Crippen LogP contribution in [0.5, 0.6) is 0 Å². The molecule has 5 nitrogen and oxygen atoms in total. The Morgan fingerprint density at radius 1 is 1.00 bits per heavy atom. The molecule has 1 amide bonds. The molecule has 1 atom stereocenters. The summed E-state index contributed by atoms with van der Waals surface area (Å²) in [5, 5.41) is 0.472. The average Bonchev–Trinajstić information content (AvgIpc) is 3.12. The van der Waals surface area contributed by atoms with E-state index in [1.807, 2.05) is 6.07 Å². The molecule has 0 N–H and O–H groups in total. The van der Waals surface area contributed by atoms with Gasteiger partial charge in [0.1, 0.15) is 6.04 Å². The Balaban J connectivity index is 1.59. The zero-order valence-electron chi connectivity index (χ0n) is 15.1. The van der Waals surface area contributed by atoms with Gasteiger partial charge in [-0.25, -0.2) is 8.42 Å². The fourth-order valence-corrected chi connectivity index (χ4v) is 5.61. The lowest BCUT2D eigenvalue weighted by atomic mass is 10.1. The molecule has 1 fully saturated rings. The Morgan fingerprint density at radius 3 is 2.44 bits per heavy atom. The van der Waals surface area contributed by atoms with Crippen LogP contribution in [0.2, 0.25) is 5.02 Å². The highest BCUT2D eigenvalue weighted by Gasteiger charge is 2.39. The molecule has 2 aliphatic rings. The molecule has 0 spiro atoms. The molecule has 1 heterocycles. The summed E-state index contributed by atoms with van der Waals surface area (Å²) in [5.74, 6) is -0.197. The first-order chi connectivity index (χ1) is 12.9. The van der Waals surface area contributed by atoms with Crippen molar-refractivity contribution in [3.63, 3.8) is 0 Å². The molecule has 0 radical (unpaired) electrons. The number of carbonyl (C=O) groups excluding carboxylic acids is 1. The molecule has 0 saturated carbocycles. The Labute approximate surface area is 164 Å². The minimum atomic E-state index is -3.75. The first-order valence-corrected chi connectivity index (χ1v) is 10.9. The van der Waals surface area contributed by atoms with Crippen molar-refractivity contribution in [3.8, 4) is 0 Å². The van der Waals surface area contributed by atoms with E-state index in [0.29, 0.717) is 11.6 Å². The number of amides is 1. The van der Waals surface area contributed by atoms with Crippen molar-refractivity contribution in [2.24, 2.45) is 0 Å². The second-order valence-electron chi connectivity index (χ2n) is 7.04. The van der Waals surface area contributed by atoms with Gasteiger partial charge in [-0.1, -0.05) is 17.7 Å². The van der Waals surface area contributed by atoms with E-state index in [2.05, 4.69) is 12.1 Å². The van der Waals surface area contributed by atoms with Gasteiger partial charge in [-0.2, -0.15) is 4.31 Å². The predicted octanol–water partition coefficient (Wildman–Crippen LogP) is 3.25. The highest BCUT2D eigenvalue weighted by molar-refractivity contribution is 7.89. The van der Waals surface area contributed by atoms with E-state index in [9.17, 15) is 13.2 Å². The van der Waals surface area contributed by atoms with E-state index in [1.54, 1.807) is 24.0 Å². The van der Waals surface area contributed by atoms with E-state index in [-0.39, 0.29) is 17.3 Å². The van der Waals surface area contributed by atoms with Gasteiger partial charge in [0.25, 0.3) is 0 Å². The van der Waals surface area contributed by atoms with E-state index in [4.69, 9.17) is 11.6 Å². The summed E-state index contributed by atoms with van der Waals surface area (Å²) in [6.07, 6.45) is 3.28. The van der Waals surface area contributed by atoms with Gasteiger partial charge in [0.2, 0.25) is 15.9 Å². The molecule has 2 aromatic carbocycles. The number of carbonyl (C=O) groups is 1. The highest BCUT2D eigenvalue weighted by atomic mass is 35.5. The first-order valence-electron chi connectivity index (χ1n) is 9.08. The van der Waals surface area contributed by atoms with Crippen LogP contribution in [0.4, 0.5) is 5.69 Å². The molecule has 27 heavy (non-hydrogen) atoms. The topological polar surface area (TPSA) is 57.7 Å². The number of benzene rings is 2. The fraction of sp³-hybridized carbons (Fsp3) is 0.350. The number of fused-ring (bicyclic) bond motifs is 1. The molecule has 1 aliphatic heterocycles. The standard InChI is InChI=1S/C20H21ClN2O3S/c1-14-20(24)22(18-8-5-15-3-2-4-16(15)13-18)11-12-23(14)27(25,26)19-9-6-17(21)7-10-19/h5-10,13-14H,2-4,11-12H2,1H3. The van der Waals surface area contributed by atoms with Crippen molar-refractivity contribution < 1.29 is 13.2 Å². The van der Waals surface area contributed by atoms with Crippen LogP contribution >= 0.6 is 11.6 Å². The molecule has 0 bridgehead atoms. The molecule has 2 aromatic rings. The van der Waals surface area contributed by atoms with Gasteiger partial charge in [0.05, 0.1) is 4.90 Å². The lowest BCUT2D eigenvalue weighted by Crippen LogP contribution is -2.57. The number of hydrogen-bond donors (Lipinski definition) is 0. The zero-order valence-corrected chi connectivity index (χ0v) is 16.6. The molecule has 142 valence electrons. The van der Waals surface area contributed by atoms with Crippen LogP contribution in [0.25, 0.3) is 0 Å². The predicted molar refractivity (Wildman–Crippen MR) is 106 cm³/mol. The summed E-state index contributed by atoms with van der Waals surface area (Å²) in [6.45, 7) is 2.25. The molecule has 1 aliphatic carbocycles.